The Labute approximate surface area is 205 Å². The van der Waals surface area contributed by atoms with E-state index in [1.54, 1.807) is 11.6 Å². The lowest BCUT2D eigenvalue weighted by Crippen LogP contribution is -2.39. The van der Waals surface area contributed by atoms with Crippen LogP contribution >= 0.6 is 0 Å². The summed E-state index contributed by atoms with van der Waals surface area (Å²) in [6, 6.07) is 6.51. The zero-order valence-corrected chi connectivity index (χ0v) is 21.4. The van der Waals surface area contributed by atoms with E-state index in [0.29, 0.717) is 17.3 Å². The highest BCUT2D eigenvalue weighted by atomic mass is 16.5. The van der Waals surface area contributed by atoms with Gasteiger partial charge in [0.1, 0.15) is 6.33 Å². The van der Waals surface area contributed by atoms with Gasteiger partial charge in [-0.15, -0.1) is 0 Å². The van der Waals surface area contributed by atoms with Crippen molar-refractivity contribution in [3.8, 4) is 16.9 Å². The van der Waals surface area contributed by atoms with Gasteiger partial charge in [0.2, 0.25) is 0 Å². The van der Waals surface area contributed by atoms with Crippen LogP contribution in [0.3, 0.4) is 0 Å². The fourth-order valence-corrected chi connectivity index (χ4v) is 5.36. The minimum Gasteiger partial charge on any atom is -0.493 e. The number of ether oxygens (including phenoxy) is 1. The number of H-pyrrole nitrogens is 1. The van der Waals surface area contributed by atoms with Gasteiger partial charge in [0, 0.05) is 18.3 Å². The first-order valence-corrected chi connectivity index (χ1v) is 12.7. The molecule has 4 aromatic rings. The molecule has 5 rings (SSSR count). The summed E-state index contributed by atoms with van der Waals surface area (Å²) in [5, 5.41) is 4.32. The summed E-state index contributed by atoms with van der Waals surface area (Å²) in [7, 11) is 1.65. The number of fused-ring (bicyclic) bond motifs is 2. The van der Waals surface area contributed by atoms with Gasteiger partial charge in [0.05, 0.1) is 24.2 Å². The van der Waals surface area contributed by atoms with Gasteiger partial charge in [-0.25, -0.2) is 14.3 Å². The molecule has 1 aliphatic heterocycles. The smallest absolute Gasteiger partial charge is 0.326 e. The molecule has 0 radical (unpaired) electrons. The number of hydrogen-bond acceptors (Lipinski definition) is 5. The number of pyridine rings is 1. The second-order valence-corrected chi connectivity index (χ2v) is 10.5. The van der Waals surface area contributed by atoms with Crippen LogP contribution in [-0.4, -0.2) is 55.8 Å². The van der Waals surface area contributed by atoms with Crippen LogP contribution in [0.5, 0.6) is 5.75 Å². The third-order valence-electron chi connectivity index (χ3n) is 7.25. The van der Waals surface area contributed by atoms with E-state index in [4.69, 9.17) is 4.74 Å². The number of methoxy groups -OCH3 is 1. The van der Waals surface area contributed by atoms with Gasteiger partial charge in [-0.2, -0.15) is 5.10 Å². The molecule has 1 aromatic carbocycles. The Bertz CT molecular complexity index is 1400. The lowest BCUT2D eigenvalue weighted by molar-refractivity contribution is 0.170. The molecule has 0 spiro atoms. The predicted molar refractivity (Wildman–Crippen MR) is 139 cm³/mol. The summed E-state index contributed by atoms with van der Waals surface area (Å²) >= 11 is 0. The number of hydrogen-bond donors (Lipinski definition) is 1. The third-order valence-corrected chi connectivity index (χ3v) is 7.25. The van der Waals surface area contributed by atoms with Crippen LogP contribution in [-0.2, 0) is 0 Å². The summed E-state index contributed by atoms with van der Waals surface area (Å²) in [6.07, 6.45) is 6.84. The SMILES string of the molecule is COc1cc(-c2cc3[nH]c(=O)n(C4CCCN(CCC(C)C)C4)c3cc2C(C)C)cn2ncnc12. The summed E-state index contributed by atoms with van der Waals surface area (Å²) in [4.78, 5) is 23.2. The zero-order valence-electron chi connectivity index (χ0n) is 21.4. The Morgan fingerprint density at radius 3 is 2.77 bits per heavy atom. The number of aromatic amines is 1. The van der Waals surface area contributed by atoms with Gasteiger partial charge in [-0.3, -0.25) is 4.57 Å². The molecule has 4 heterocycles. The molecular weight excluding hydrogens is 440 g/mol. The van der Waals surface area contributed by atoms with Crippen LogP contribution in [0.4, 0.5) is 0 Å². The quantitative estimate of drug-likeness (QED) is 0.412. The molecular formula is C27H36N6O2. The van der Waals surface area contributed by atoms with Crippen molar-refractivity contribution < 1.29 is 4.74 Å². The fraction of sp³-hybridized carbons (Fsp3) is 0.519. The number of nitrogens with one attached hydrogen (secondary N) is 1. The third kappa shape index (κ3) is 4.47. The van der Waals surface area contributed by atoms with Gasteiger partial charge < -0.3 is 14.6 Å². The number of piperidine rings is 1. The average Bonchev–Trinajstić information content (AvgIpc) is 3.44. The van der Waals surface area contributed by atoms with E-state index in [1.807, 2.05) is 16.8 Å². The number of aromatic nitrogens is 5. The van der Waals surface area contributed by atoms with Crippen molar-refractivity contribution in [2.24, 2.45) is 5.92 Å². The molecule has 1 saturated heterocycles. The average molecular weight is 477 g/mol. The molecule has 8 nitrogen and oxygen atoms in total. The maximum atomic E-state index is 13.2. The highest BCUT2D eigenvalue weighted by Gasteiger charge is 2.25. The van der Waals surface area contributed by atoms with Crippen LogP contribution < -0.4 is 10.4 Å². The van der Waals surface area contributed by atoms with Crippen LogP contribution in [0.15, 0.2) is 35.5 Å². The molecule has 8 heteroatoms. The number of likely N-dealkylation sites (tertiary alicyclic amines) is 1. The zero-order chi connectivity index (χ0) is 24.7. The topological polar surface area (TPSA) is 80.5 Å². The van der Waals surface area contributed by atoms with Gasteiger partial charge in [-0.05, 0) is 73.5 Å². The van der Waals surface area contributed by atoms with Gasteiger partial charge in [0.15, 0.2) is 11.4 Å². The summed E-state index contributed by atoms with van der Waals surface area (Å²) in [5.74, 6) is 1.64. The minimum atomic E-state index is -0.0214. The monoisotopic (exact) mass is 476 g/mol. The highest BCUT2D eigenvalue weighted by Crippen LogP contribution is 2.36. The molecule has 0 aliphatic carbocycles. The first kappa shape index (κ1) is 23.6. The van der Waals surface area contributed by atoms with Gasteiger partial charge in [0.25, 0.3) is 0 Å². The number of benzene rings is 1. The lowest BCUT2D eigenvalue weighted by Gasteiger charge is -2.33. The van der Waals surface area contributed by atoms with E-state index in [9.17, 15) is 4.79 Å². The van der Waals surface area contributed by atoms with E-state index in [0.717, 1.165) is 54.6 Å². The number of rotatable bonds is 7. The Morgan fingerprint density at radius 2 is 2.03 bits per heavy atom. The molecule has 35 heavy (non-hydrogen) atoms. The van der Waals surface area contributed by atoms with E-state index in [2.05, 4.69) is 59.8 Å². The standard InChI is InChI=1S/C27H36N6O2/c1-17(2)8-10-31-9-6-7-20(15-31)33-24-13-21(18(3)4)22(12-23(24)30-27(33)34)19-11-25(35-5)26-28-16-29-32(26)14-19/h11-14,16-18,20H,6-10,15H2,1-5H3,(H,30,34). The molecule has 0 amide bonds. The Hall–Kier alpha value is -3.13. The van der Waals surface area contributed by atoms with Crippen molar-refractivity contribution in [3.63, 3.8) is 0 Å². The van der Waals surface area contributed by atoms with E-state index >= 15 is 0 Å². The predicted octanol–water partition coefficient (Wildman–Crippen LogP) is 4.85. The normalized spacial score (nSPS) is 17.3. The van der Waals surface area contributed by atoms with E-state index in [1.165, 1.54) is 18.3 Å². The molecule has 1 fully saturated rings. The summed E-state index contributed by atoms with van der Waals surface area (Å²) in [5.41, 5.74) is 5.77. The molecule has 3 aromatic heterocycles. The minimum absolute atomic E-state index is 0.0214. The molecule has 1 aliphatic rings. The fourth-order valence-electron chi connectivity index (χ4n) is 5.36. The largest absolute Gasteiger partial charge is 0.493 e. The second-order valence-electron chi connectivity index (χ2n) is 10.5. The van der Waals surface area contributed by atoms with E-state index < -0.39 is 0 Å². The van der Waals surface area contributed by atoms with Crippen molar-refractivity contribution in [1.82, 2.24) is 29.0 Å². The van der Waals surface area contributed by atoms with Crippen LogP contribution in [0.25, 0.3) is 27.8 Å². The molecule has 1 N–H and O–H groups in total. The summed E-state index contributed by atoms with van der Waals surface area (Å²) < 4.78 is 9.34. The van der Waals surface area contributed by atoms with Crippen molar-refractivity contribution in [2.75, 3.05) is 26.7 Å². The Morgan fingerprint density at radius 1 is 1.20 bits per heavy atom. The second kappa shape index (κ2) is 9.49. The van der Waals surface area contributed by atoms with Crippen molar-refractivity contribution >= 4 is 16.7 Å². The maximum absolute atomic E-state index is 13.2. The molecule has 186 valence electrons. The highest BCUT2D eigenvalue weighted by molar-refractivity contribution is 5.85. The van der Waals surface area contributed by atoms with Crippen molar-refractivity contribution in [3.05, 3.63) is 46.8 Å². The number of nitrogens with zero attached hydrogens (tertiary/aromatic N) is 5. The van der Waals surface area contributed by atoms with E-state index in [-0.39, 0.29) is 17.6 Å². The Balaban J connectivity index is 1.58. The molecule has 1 unspecified atom stereocenters. The van der Waals surface area contributed by atoms with Crippen LogP contribution in [0.2, 0.25) is 0 Å². The van der Waals surface area contributed by atoms with Gasteiger partial charge >= 0.3 is 5.69 Å². The molecule has 0 bridgehead atoms. The van der Waals surface area contributed by atoms with Crippen LogP contribution in [0.1, 0.15) is 64.5 Å². The molecule has 1 atom stereocenters. The van der Waals surface area contributed by atoms with Crippen LogP contribution in [0, 0.1) is 5.92 Å². The first-order chi connectivity index (χ1) is 16.9. The van der Waals surface area contributed by atoms with Gasteiger partial charge in [-0.1, -0.05) is 27.7 Å². The lowest BCUT2D eigenvalue weighted by atomic mass is 9.92. The Kier molecular flexibility index (Phi) is 6.40. The number of imidazole rings is 1. The van der Waals surface area contributed by atoms with Crippen molar-refractivity contribution in [1.29, 1.82) is 0 Å². The maximum Gasteiger partial charge on any atom is 0.326 e. The first-order valence-electron chi connectivity index (χ1n) is 12.7. The molecule has 0 saturated carbocycles. The van der Waals surface area contributed by atoms with Crippen molar-refractivity contribution in [2.45, 2.75) is 58.9 Å². The summed E-state index contributed by atoms with van der Waals surface area (Å²) in [6.45, 7) is 12.1.